The summed E-state index contributed by atoms with van der Waals surface area (Å²) in [5.41, 5.74) is 0.211. The van der Waals surface area contributed by atoms with Gasteiger partial charge in [0.1, 0.15) is 5.82 Å². The first kappa shape index (κ1) is 15.8. The summed E-state index contributed by atoms with van der Waals surface area (Å²) in [7, 11) is -0.803. The molecule has 7 nitrogen and oxygen atoms in total. The van der Waals surface area contributed by atoms with Crippen molar-refractivity contribution >= 4 is 35.4 Å². The van der Waals surface area contributed by atoms with Crippen LogP contribution in [0, 0.1) is 6.92 Å². The molecule has 2 rings (SSSR count). The zero-order valence-electron chi connectivity index (χ0n) is 11.1. The van der Waals surface area contributed by atoms with Gasteiger partial charge in [-0.1, -0.05) is 0 Å². The summed E-state index contributed by atoms with van der Waals surface area (Å²) in [5, 5.41) is -0.114. The smallest absolute Gasteiger partial charge is 0.280 e. The monoisotopic (exact) mass is 349 g/mol. The largest absolute Gasteiger partial charge is 0.337 e. The van der Waals surface area contributed by atoms with E-state index in [4.69, 9.17) is 10.7 Å². The number of imidazole rings is 1. The van der Waals surface area contributed by atoms with Crippen molar-refractivity contribution < 1.29 is 16.8 Å². The third-order valence-corrected chi connectivity index (χ3v) is 5.37. The zero-order chi connectivity index (χ0) is 15.8. The maximum absolute atomic E-state index is 12.1. The Balaban J connectivity index is 2.29. The Labute approximate surface area is 127 Å². The quantitative estimate of drug-likeness (QED) is 0.842. The van der Waals surface area contributed by atoms with Gasteiger partial charge >= 0.3 is 0 Å². The highest BCUT2D eigenvalue weighted by Gasteiger charge is 2.19. The van der Waals surface area contributed by atoms with E-state index in [0.717, 1.165) is 0 Å². The Morgan fingerprint density at radius 2 is 1.71 bits per heavy atom. The number of anilines is 1. The second-order valence-electron chi connectivity index (χ2n) is 4.30. The Morgan fingerprint density at radius 3 is 2.14 bits per heavy atom. The van der Waals surface area contributed by atoms with Gasteiger partial charge in [0.25, 0.3) is 19.1 Å². The topological polar surface area (TPSA) is 98.1 Å². The molecular formula is C11H12ClN3O4S2. The molecule has 0 amide bonds. The first-order chi connectivity index (χ1) is 9.59. The SMILES string of the molecule is Cc1nc(S(=O)(=O)Nc2ccc(S(=O)(=O)Cl)cc2)cn1C. The lowest BCUT2D eigenvalue weighted by Gasteiger charge is -2.06. The Bertz CT molecular complexity index is 851. The molecule has 0 saturated carbocycles. The van der Waals surface area contributed by atoms with Crippen LogP contribution < -0.4 is 4.72 Å². The molecule has 0 aliphatic heterocycles. The maximum Gasteiger partial charge on any atom is 0.280 e. The number of benzene rings is 1. The molecule has 0 spiro atoms. The van der Waals surface area contributed by atoms with Crippen LogP contribution in [0.25, 0.3) is 0 Å². The average molecular weight is 350 g/mol. The molecule has 2 aromatic rings. The number of hydrogen-bond acceptors (Lipinski definition) is 5. The molecule has 0 atom stereocenters. The summed E-state index contributed by atoms with van der Waals surface area (Å²) >= 11 is 0. The predicted molar refractivity (Wildman–Crippen MR) is 78.2 cm³/mol. The van der Waals surface area contributed by atoms with Gasteiger partial charge < -0.3 is 4.57 Å². The van der Waals surface area contributed by atoms with Crippen molar-refractivity contribution in [3.05, 3.63) is 36.3 Å². The summed E-state index contributed by atoms with van der Waals surface area (Å²) in [4.78, 5) is 3.82. The van der Waals surface area contributed by atoms with Crippen molar-refractivity contribution in [2.75, 3.05) is 4.72 Å². The highest BCUT2D eigenvalue weighted by molar-refractivity contribution is 8.13. The number of halogens is 1. The standard InChI is InChI=1S/C11H12ClN3O4S2/c1-8-13-11(7-15(8)2)21(18,19)14-9-3-5-10(6-4-9)20(12,16)17/h3-7,14H,1-2H3. The van der Waals surface area contributed by atoms with Crippen molar-refractivity contribution in [2.24, 2.45) is 7.05 Å². The fraction of sp³-hybridized carbons (Fsp3) is 0.182. The van der Waals surface area contributed by atoms with Crippen molar-refractivity contribution in [2.45, 2.75) is 16.8 Å². The van der Waals surface area contributed by atoms with Gasteiger partial charge in [-0.2, -0.15) is 8.42 Å². The van der Waals surface area contributed by atoms with Crippen LogP contribution in [-0.2, 0) is 26.1 Å². The molecule has 1 aromatic heterocycles. The van der Waals surface area contributed by atoms with Crippen LogP contribution in [0.4, 0.5) is 5.69 Å². The van der Waals surface area contributed by atoms with E-state index in [9.17, 15) is 16.8 Å². The number of aromatic nitrogens is 2. The molecule has 1 N–H and O–H groups in total. The molecule has 0 unspecified atom stereocenters. The van der Waals surface area contributed by atoms with Crippen LogP contribution >= 0.6 is 10.7 Å². The third-order valence-electron chi connectivity index (χ3n) is 2.75. The number of sulfonamides is 1. The molecule has 114 valence electrons. The van der Waals surface area contributed by atoms with E-state index in [1.54, 1.807) is 18.5 Å². The Hall–Kier alpha value is -1.58. The lowest BCUT2D eigenvalue weighted by atomic mass is 10.3. The van der Waals surface area contributed by atoms with Crippen LogP contribution in [0.3, 0.4) is 0 Å². The lowest BCUT2D eigenvalue weighted by molar-refractivity contribution is 0.598. The fourth-order valence-electron chi connectivity index (χ4n) is 1.55. The highest BCUT2D eigenvalue weighted by Crippen LogP contribution is 2.20. The van der Waals surface area contributed by atoms with Gasteiger partial charge in [-0.25, -0.2) is 13.4 Å². The second kappa shape index (κ2) is 5.32. The van der Waals surface area contributed by atoms with Crippen molar-refractivity contribution in [3.63, 3.8) is 0 Å². The molecule has 0 fully saturated rings. The summed E-state index contributed by atoms with van der Waals surface area (Å²) in [6.45, 7) is 1.68. The minimum Gasteiger partial charge on any atom is -0.337 e. The van der Waals surface area contributed by atoms with Crippen molar-refractivity contribution in [1.29, 1.82) is 0 Å². The van der Waals surface area contributed by atoms with E-state index in [-0.39, 0.29) is 15.6 Å². The molecule has 1 heterocycles. The van der Waals surface area contributed by atoms with E-state index in [0.29, 0.717) is 5.82 Å². The van der Waals surface area contributed by atoms with Gasteiger partial charge in [-0.15, -0.1) is 0 Å². The number of nitrogens with zero attached hydrogens (tertiary/aromatic N) is 2. The highest BCUT2D eigenvalue weighted by atomic mass is 35.7. The number of aryl methyl sites for hydroxylation is 2. The summed E-state index contributed by atoms with van der Waals surface area (Å²) in [5.74, 6) is 0.555. The molecule has 0 aliphatic rings. The van der Waals surface area contributed by atoms with Crippen molar-refractivity contribution in [1.82, 2.24) is 9.55 Å². The van der Waals surface area contributed by atoms with Gasteiger partial charge in [0.05, 0.1) is 4.90 Å². The van der Waals surface area contributed by atoms with Crippen LogP contribution in [0.5, 0.6) is 0 Å². The molecule has 0 bridgehead atoms. The minimum absolute atomic E-state index is 0.110. The van der Waals surface area contributed by atoms with Crippen LogP contribution in [-0.4, -0.2) is 26.4 Å². The van der Waals surface area contributed by atoms with Gasteiger partial charge in [0.15, 0.2) is 5.03 Å². The average Bonchev–Trinajstić information content (AvgIpc) is 2.69. The molecular weight excluding hydrogens is 338 g/mol. The zero-order valence-corrected chi connectivity index (χ0v) is 13.5. The number of rotatable bonds is 4. The first-order valence-corrected chi connectivity index (χ1v) is 9.46. The van der Waals surface area contributed by atoms with E-state index >= 15 is 0 Å². The molecule has 10 heteroatoms. The molecule has 0 saturated heterocycles. The maximum atomic E-state index is 12.1. The van der Waals surface area contributed by atoms with Crippen LogP contribution in [0.2, 0.25) is 0 Å². The van der Waals surface area contributed by atoms with E-state index in [1.807, 2.05) is 0 Å². The Morgan fingerprint density at radius 1 is 1.14 bits per heavy atom. The van der Waals surface area contributed by atoms with Crippen molar-refractivity contribution in [3.8, 4) is 0 Å². The van der Waals surface area contributed by atoms with Gasteiger partial charge in [-0.05, 0) is 31.2 Å². The molecule has 21 heavy (non-hydrogen) atoms. The van der Waals surface area contributed by atoms with E-state index in [1.165, 1.54) is 30.5 Å². The second-order valence-corrected chi connectivity index (χ2v) is 8.50. The lowest BCUT2D eigenvalue weighted by Crippen LogP contribution is -2.13. The normalized spacial score (nSPS) is 12.3. The fourth-order valence-corrected chi connectivity index (χ4v) is 3.42. The van der Waals surface area contributed by atoms with E-state index < -0.39 is 19.1 Å². The summed E-state index contributed by atoms with van der Waals surface area (Å²) in [6, 6.07) is 5.04. The summed E-state index contributed by atoms with van der Waals surface area (Å²) in [6.07, 6.45) is 1.38. The number of hydrogen-bond donors (Lipinski definition) is 1. The molecule has 0 aliphatic carbocycles. The molecule has 0 radical (unpaired) electrons. The predicted octanol–water partition coefficient (Wildman–Crippen LogP) is 1.46. The van der Waals surface area contributed by atoms with Gasteiger partial charge in [-0.3, -0.25) is 4.72 Å². The van der Waals surface area contributed by atoms with Crippen LogP contribution in [0.15, 0.2) is 40.4 Å². The minimum atomic E-state index is -3.84. The number of nitrogens with one attached hydrogen (secondary N) is 1. The van der Waals surface area contributed by atoms with Gasteiger partial charge in [0, 0.05) is 29.6 Å². The first-order valence-electron chi connectivity index (χ1n) is 5.67. The summed E-state index contributed by atoms with van der Waals surface area (Å²) < 4.78 is 50.3. The van der Waals surface area contributed by atoms with Crippen LogP contribution in [0.1, 0.15) is 5.82 Å². The third kappa shape index (κ3) is 3.55. The van der Waals surface area contributed by atoms with Gasteiger partial charge in [0.2, 0.25) is 0 Å². The molecule has 1 aromatic carbocycles. The van der Waals surface area contributed by atoms with E-state index in [2.05, 4.69) is 9.71 Å². The Kier molecular flexibility index (Phi) is 4.00.